The Morgan fingerprint density at radius 2 is 0.808 bits per heavy atom. The Morgan fingerprint density at radius 3 is 1.18 bits per heavy atom. The Labute approximate surface area is 449 Å². The zero-order valence-electron chi connectivity index (χ0n) is 47.6. The third kappa shape index (κ3) is 39.8. The summed E-state index contributed by atoms with van der Waals surface area (Å²) < 4.78 is 11.2. The highest BCUT2D eigenvalue weighted by Gasteiger charge is 2.44. The number of carbonyl (C=O) groups excluding carboxylic acids is 1. The van der Waals surface area contributed by atoms with Crippen LogP contribution in [-0.2, 0) is 14.3 Å². The van der Waals surface area contributed by atoms with Gasteiger partial charge in [0.05, 0.1) is 25.4 Å². The summed E-state index contributed by atoms with van der Waals surface area (Å²) in [6.07, 6.45) is 49.9. The fraction of sp³-hybridized carbons (Fsp3) is 0.952. The minimum absolute atomic E-state index is 0.260. The van der Waals surface area contributed by atoms with Gasteiger partial charge in [-0.1, -0.05) is 283 Å². The molecule has 73 heavy (non-hydrogen) atoms. The first-order valence-electron chi connectivity index (χ1n) is 31.6. The van der Waals surface area contributed by atoms with Gasteiger partial charge < -0.3 is 50.5 Å². The topological polar surface area (TPSA) is 189 Å². The van der Waals surface area contributed by atoms with Crippen molar-refractivity contribution in [3.63, 3.8) is 0 Å². The Bertz CT molecular complexity index is 1190. The van der Waals surface area contributed by atoms with Gasteiger partial charge in [-0.15, -0.1) is 0 Å². The molecule has 0 aromatic heterocycles. The molecule has 9 unspecified atom stereocenters. The van der Waals surface area contributed by atoms with Gasteiger partial charge in [0, 0.05) is 0 Å². The summed E-state index contributed by atoms with van der Waals surface area (Å²) in [6.45, 7) is 3.49. The lowest BCUT2D eigenvalue weighted by Gasteiger charge is -2.40. The largest absolute Gasteiger partial charge is 0.394 e. The van der Waals surface area contributed by atoms with Crippen molar-refractivity contribution >= 4 is 5.91 Å². The molecule has 0 spiro atoms. The Hall–Kier alpha value is -1.15. The van der Waals surface area contributed by atoms with Crippen molar-refractivity contribution in [3.05, 3.63) is 12.2 Å². The number of amides is 1. The second-order valence-electron chi connectivity index (χ2n) is 22.5. The van der Waals surface area contributed by atoms with Crippen molar-refractivity contribution in [3.8, 4) is 0 Å². The van der Waals surface area contributed by atoms with Crippen LogP contribution in [0.15, 0.2) is 12.2 Å². The van der Waals surface area contributed by atoms with Gasteiger partial charge in [-0.05, 0) is 38.5 Å². The molecule has 9 atom stereocenters. The van der Waals surface area contributed by atoms with Gasteiger partial charge in [0.15, 0.2) is 6.29 Å². The van der Waals surface area contributed by atoms with Gasteiger partial charge in [-0.25, -0.2) is 0 Å². The molecule has 11 nitrogen and oxygen atoms in total. The highest BCUT2D eigenvalue weighted by Crippen LogP contribution is 2.24. The summed E-state index contributed by atoms with van der Waals surface area (Å²) in [5.74, 6) is -0.699. The van der Waals surface area contributed by atoms with Crippen molar-refractivity contribution in [1.29, 1.82) is 0 Å². The van der Waals surface area contributed by atoms with E-state index in [-0.39, 0.29) is 12.8 Å². The lowest BCUT2D eigenvalue weighted by molar-refractivity contribution is -0.303. The van der Waals surface area contributed by atoms with Crippen LogP contribution < -0.4 is 5.32 Å². The maximum atomic E-state index is 13.2. The molecule has 11 heteroatoms. The molecular formula is C62H121NO10. The van der Waals surface area contributed by atoms with E-state index in [4.69, 9.17) is 9.47 Å². The van der Waals surface area contributed by atoms with E-state index < -0.39 is 74.2 Å². The Kier molecular flexibility index (Phi) is 49.4. The first-order chi connectivity index (χ1) is 35.7. The van der Waals surface area contributed by atoms with Crippen molar-refractivity contribution < 1.29 is 50.0 Å². The van der Waals surface area contributed by atoms with E-state index in [2.05, 4.69) is 31.3 Å². The van der Waals surface area contributed by atoms with Crippen molar-refractivity contribution in [2.24, 2.45) is 0 Å². The van der Waals surface area contributed by atoms with Crippen molar-refractivity contribution in [1.82, 2.24) is 5.32 Å². The number of aliphatic hydroxyl groups is 7. The van der Waals surface area contributed by atoms with Crippen LogP contribution >= 0.6 is 0 Å². The van der Waals surface area contributed by atoms with Gasteiger partial charge >= 0.3 is 0 Å². The summed E-state index contributed by atoms with van der Waals surface area (Å²) in [5, 5.41) is 76.3. The van der Waals surface area contributed by atoms with Crippen molar-refractivity contribution in [2.75, 3.05) is 13.2 Å². The lowest BCUT2D eigenvalue weighted by Crippen LogP contribution is -2.60. The standard InChI is InChI=1S/C62H121NO10/c1-3-5-7-9-11-13-15-17-19-21-23-25-27-28-30-31-33-35-37-39-41-43-45-47-49-54(65)57(67)53(52-72-62-60(70)59(69)58(68)56(51-64)73-62)63-61(71)55(66)50-48-46-44-42-40-38-36-34-32-29-26-24-22-20-18-16-14-12-10-8-6-4-2/h41,43,53-60,62,64-70H,3-40,42,44-52H2,1-2H3,(H,63,71)/b43-41+. The first-order valence-corrected chi connectivity index (χ1v) is 31.6. The second kappa shape index (κ2) is 51.6. The fourth-order valence-corrected chi connectivity index (χ4v) is 10.4. The first kappa shape index (κ1) is 69.9. The third-order valence-electron chi connectivity index (χ3n) is 15.6. The van der Waals surface area contributed by atoms with E-state index in [1.165, 1.54) is 231 Å². The van der Waals surface area contributed by atoms with Crippen LogP contribution in [0.5, 0.6) is 0 Å². The van der Waals surface area contributed by atoms with Gasteiger partial charge in [-0.2, -0.15) is 0 Å². The molecule has 8 N–H and O–H groups in total. The molecule has 434 valence electrons. The van der Waals surface area contributed by atoms with Crippen LogP contribution in [0.25, 0.3) is 0 Å². The predicted molar refractivity (Wildman–Crippen MR) is 303 cm³/mol. The predicted octanol–water partition coefficient (Wildman–Crippen LogP) is 13.9. The number of ether oxygens (including phenoxy) is 2. The number of allylic oxidation sites excluding steroid dienone is 2. The molecule has 0 aromatic carbocycles. The number of hydrogen-bond donors (Lipinski definition) is 8. The minimum atomic E-state index is -1.67. The van der Waals surface area contributed by atoms with E-state index in [0.717, 1.165) is 38.5 Å². The number of nitrogens with one attached hydrogen (secondary N) is 1. The van der Waals surface area contributed by atoms with Crippen molar-refractivity contribution in [2.45, 2.75) is 364 Å². The molecule has 1 rings (SSSR count). The molecule has 1 amide bonds. The number of rotatable bonds is 55. The van der Waals surface area contributed by atoms with Crippen LogP contribution in [-0.4, -0.2) is 110 Å². The normalized spacial score (nSPS) is 19.9. The van der Waals surface area contributed by atoms with Crippen LogP contribution in [0.4, 0.5) is 0 Å². The second-order valence-corrected chi connectivity index (χ2v) is 22.5. The maximum absolute atomic E-state index is 13.2. The molecule has 1 aliphatic rings. The number of aliphatic hydroxyl groups excluding tert-OH is 7. The van der Waals surface area contributed by atoms with Crippen LogP contribution in [0, 0.1) is 0 Å². The Balaban J connectivity index is 2.28. The number of hydrogen-bond acceptors (Lipinski definition) is 10. The molecular weight excluding hydrogens is 919 g/mol. The van der Waals surface area contributed by atoms with E-state index in [1.54, 1.807) is 0 Å². The molecule has 0 aromatic rings. The molecule has 0 saturated carbocycles. The molecule has 1 fully saturated rings. The molecule has 1 saturated heterocycles. The lowest BCUT2D eigenvalue weighted by atomic mass is 9.98. The van der Waals surface area contributed by atoms with Gasteiger partial charge in [-0.3, -0.25) is 4.79 Å². The molecule has 0 bridgehead atoms. The summed E-state index contributed by atoms with van der Waals surface area (Å²) in [4.78, 5) is 13.2. The maximum Gasteiger partial charge on any atom is 0.249 e. The van der Waals surface area contributed by atoms with Crippen LogP contribution in [0.1, 0.15) is 309 Å². The fourth-order valence-electron chi connectivity index (χ4n) is 10.4. The summed E-state index contributed by atoms with van der Waals surface area (Å²) in [7, 11) is 0. The SMILES string of the molecule is CCCCCCCCCCCCCCCCCCCCC/C=C/CCCC(O)C(O)C(COC1OC(CO)C(O)C(O)C1O)NC(=O)C(O)CCCCCCCCCCCCCCCCCCCCCCCC. The highest BCUT2D eigenvalue weighted by molar-refractivity contribution is 5.80. The smallest absolute Gasteiger partial charge is 0.249 e. The highest BCUT2D eigenvalue weighted by atomic mass is 16.7. The summed E-state index contributed by atoms with van der Waals surface area (Å²) >= 11 is 0. The van der Waals surface area contributed by atoms with E-state index in [9.17, 15) is 40.5 Å². The molecule has 0 radical (unpaired) electrons. The zero-order valence-corrected chi connectivity index (χ0v) is 47.6. The number of carbonyl (C=O) groups is 1. The number of unbranched alkanes of at least 4 members (excludes halogenated alkanes) is 41. The third-order valence-corrected chi connectivity index (χ3v) is 15.6. The van der Waals surface area contributed by atoms with E-state index in [1.807, 2.05) is 0 Å². The van der Waals surface area contributed by atoms with Crippen LogP contribution in [0.3, 0.4) is 0 Å². The summed E-state index contributed by atoms with van der Waals surface area (Å²) in [5.41, 5.74) is 0. The molecule has 1 aliphatic heterocycles. The Morgan fingerprint density at radius 1 is 0.466 bits per heavy atom. The monoisotopic (exact) mass is 1040 g/mol. The quantitative estimate of drug-likeness (QED) is 0.0215. The average Bonchev–Trinajstić information content (AvgIpc) is 3.39. The van der Waals surface area contributed by atoms with Gasteiger partial charge in [0.25, 0.3) is 0 Å². The van der Waals surface area contributed by atoms with E-state index in [0.29, 0.717) is 12.8 Å². The molecule has 0 aliphatic carbocycles. The zero-order chi connectivity index (χ0) is 53.3. The van der Waals surface area contributed by atoms with Gasteiger partial charge in [0.1, 0.15) is 36.6 Å². The average molecular weight is 1040 g/mol. The summed E-state index contributed by atoms with van der Waals surface area (Å²) in [6, 6.07) is -1.18. The molecule has 1 heterocycles. The minimum Gasteiger partial charge on any atom is -0.394 e. The van der Waals surface area contributed by atoms with Gasteiger partial charge in [0.2, 0.25) is 5.91 Å². The van der Waals surface area contributed by atoms with E-state index >= 15 is 0 Å². The van der Waals surface area contributed by atoms with Crippen LogP contribution in [0.2, 0.25) is 0 Å².